The molecule has 118 valence electrons. The fraction of sp³-hybridized carbons (Fsp3) is 0.688. The van der Waals surface area contributed by atoms with Gasteiger partial charge in [-0.2, -0.15) is 4.52 Å². The number of fused-ring (bicyclic) bond motifs is 1. The lowest BCUT2D eigenvalue weighted by atomic mass is 9.94. The predicted octanol–water partition coefficient (Wildman–Crippen LogP) is 2.76. The summed E-state index contributed by atoms with van der Waals surface area (Å²) in [7, 11) is 0. The number of nitrogens with zero attached hydrogens (tertiary/aromatic N) is 4. The van der Waals surface area contributed by atoms with Crippen LogP contribution in [0.5, 0.6) is 0 Å². The molecule has 3 heterocycles. The van der Waals surface area contributed by atoms with Crippen LogP contribution in [0.2, 0.25) is 0 Å². The highest BCUT2D eigenvalue weighted by molar-refractivity contribution is 5.45. The van der Waals surface area contributed by atoms with Crippen molar-refractivity contribution in [1.82, 2.24) is 19.8 Å². The highest BCUT2D eigenvalue weighted by atomic mass is 16.5. The lowest BCUT2D eigenvalue weighted by Gasteiger charge is -2.28. The summed E-state index contributed by atoms with van der Waals surface area (Å²) in [6.07, 6.45) is 3.34. The molecule has 1 unspecified atom stereocenters. The van der Waals surface area contributed by atoms with Crippen LogP contribution >= 0.6 is 0 Å². The minimum atomic E-state index is -0.216. The Morgan fingerprint density at radius 1 is 1.18 bits per heavy atom. The molecular weight excluding hydrogens is 278 g/mol. The van der Waals surface area contributed by atoms with Crippen molar-refractivity contribution in [3.05, 3.63) is 18.0 Å². The molecule has 0 radical (unpaired) electrons. The highest BCUT2D eigenvalue weighted by Gasteiger charge is 2.46. The summed E-state index contributed by atoms with van der Waals surface area (Å²) in [5.41, 5.74) is 0.489. The molecule has 22 heavy (non-hydrogen) atoms. The van der Waals surface area contributed by atoms with Crippen molar-refractivity contribution in [2.24, 2.45) is 0 Å². The summed E-state index contributed by atoms with van der Waals surface area (Å²) >= 11 is 0. The van der Waals surface area contributed by atoms with Gasteiger partial charge in [0.2, 0.25) is 0 Å². The van der Waals surface area contributed by atoms with Crippen LogP contribution < -0.4 is 5.32 Å². The predicted molar refractivity (Wildman–Crippen MR) is 84.0 cm³/mol. The van der Waals surface area contributed by atoms with Crippen LogP contribution in [0.25, 0.3) is 5.65 Å². The number of rotatable bonds is 3. The van der Waals surface area contributed by atoms with Crippen LogP contribution in [0.3, 0.4) is 0 Å². The van der Waals surface area contributed by atoms with Crippen molar-refractivity contribution in [1.29, 1.82) is 0 Å². The number of aromatic nitrogens is 4. The minimum Gasteiger partial charge on any atom is -0.367 e. The maximum Gasteiger partial charge on any atom is 0.178 e. The maximum absolute atomic E-state index is 6.14. The van der Waals surface area contributed by atoms with Crippen LogP contribution in [0.15, 0.2) is 12.1 Å². The van der Waals surface area contributed by atoms with E-state index in [1.807, 2.05) is 16.6 Å². The monoisotopic (exact) mass is 301 g/mol. The smallest absolute Gasteiger partial charge is 0.178 e. The van der Waals surface area contributed by atoms with Gasteiger partial charge in [-0.3, -0.25) is 0 Å². The largest absolute Gasteiger partial charge is 0.367 e. The number of hydrogen-bond acceptors (Lipinski definition) is 5. The average molecular weight is 301 g/mol. The molecule has 1 aliphatic heterocycles. The minimum absolute atomic E-state index is 0.110. The first-order chi connectivity index (χ1) is 10.3. The molecule has 0 spiro atoms. The molecular formula is C16H23N5O. The van der Waals surface area contributed by atoms with Gasteiger partial charge in [0, 0.05) is 5.92 Å². The van der Waals surface area contributed by atoms with Gasteiger partial charge in [0.1, 0.15) is 5.82 Å². The Hall–Kier alpha value is -1.69. The first-order valence-corrected chi connectivity index (χ1v) is 8.03. The summed E-state index contributed by atoms with van der Waals surface area (Å²) in [4.78, 5) is 0. The maximum atomic E-state index is 6.14. The molecule has 2 aliphatic rings. The fourth-order valence-corrected chi connectivity index (χ4v) is 3.44. The van der Waals surface area contributed by atoms with E-state index in [-0.39, 0.29) is 17.2 Å². The topological polar surface area (TPSA) is 64.3 Å². The van der Waals surface area contributed by atoms with Crippen molar-refractivity contribution in [2.75, 3.05) is 5.32 Å². The van der Waals surface area contributed by atoms with E-state index in [1.54, 1.807) is 0 Å². The van der Waals surface area contributed by atoms with Crippen LogP contribution in [0, 0.1) is 0 Å². The molecule has 2 aromatic rings. The van der Waals surface area contributed by atoms with Gasteiger partial charge in [0.05, 0.1) is 17.2 Å². The van der Waals surface area contributed by atoms with E-state index < -0.39 is 0 Å². The zero-order valence-electron chi connectivity index (χ0n) is 13.6. The van der Waals surface area contributed by atoms with Crippen molar-refractivity contribution in [3.63, 3.8) is 0 Å². The highest BCUT2D eigenvalue weighted by Crippen LogP contribution is 2.40. The quantitative estimate of drug-likeness (QED) is 0.944. The Labute approximate surface area is 130 Å². The van der Waals surface area contributed by atoms with Gasteiger partial charge in [0.15, 0.2) is 11.5 Å². The number of hydrogen-bond donors (Lipinski definition) is 1. The van der Waals surface area contributed by atoms with Gasteiger partial charge >= 0.3 is 0 Å². The van der Waals surface area contributed by atoms with E-state index >= 15 is 0 Å². The Balaban J connectivity index is 1.63. The fourth-order valence-electron chi connectivity index (χ4n) is 3.44. The molecule has 4 rings (SSSR count). The molecule has 1 saturated heterocycles. The third-order valence-electron chi connectivity index (χ3n) is 4.63. The van der Waals surface area contributed by atoms with Crippen molar-refractivity contribution < 1.29 is 4.74 Å². The van der Waals surface area contributed by atoms with E-state index in [0.717, 1.165) is 23.7 Å². The Morgan fingerprint density at radius 2 is 1.95 bits per heavy atom. The standard InChI is InChI=1S/C16H23N5O/c1-15(2)9-11(16(3,4)22-15)17-12-7-8-13-18-19-14(10-5-6-10)21(13)20-12/h7-8,10-11H,5-6,9H2,1-4H3,(H,17,20). The number of ether oxygens (including phenoxy) is 1. The second kappa shape index (κ2) is 4.41. The van der Waals surface area contributed by atoms with Gasteiger partial charge in [-0.25, -0.2) is 0 Å². The zero-order chi connectivity index (χ0) is 15.5. The number of anilines is 1. The first kappa shape index (κ1) is 13.9. The zero-order valence-corrected chi connectivity index (χ0v) is 13.6. The van der Waals surface area contributed by atoms with Crippen LogP contribution in [-0.4, -0.2) is 37.1 Å². The Morgan fingerprint density at radius 3 is 2.59 bits per heavy atom. The van der Waals surface area contributed by atoms with E-state index in [4.69, 9.17) is 9.84 Å². The third-order valence-corrected chi connectivity index (χ3v) is 4.63. The molecule has 1 N–H and O–H groups in total. The van der Waals surface area contributed by atoms with Crippen molar-refractivity contribution in [3.8, 4) is 0 Å². The van der Waals surface area contributed by atoms with E-state index in [0.29, 0.717) is 5.92 Å². The molecule has 1 aliphatic carbocycles. The van der Waals surface area contributed by atoms with E-state index in [2.05, 4.69) is 43.2 Å². The molecule has 1 saturated carbocycles. The molecule has 2 aromatic heterocycles. The lowest BCUT2D eigenvalue weighted by Crippen LogP contribution is -2.38. The molecule has 6 nitrogen and oxygen atoms in total. The molecule has 1 atom stereocenters. The summed E-state index contributed by atoms with van der Waals surface area (Å²) in [5.74, 6) is 2.37. The van der Waals surface area contributed by atoms with Gasteiger partial charge in [-0.05, 0) is 59.1 Å². The van der Waals surface area contributed by atoms with Gasteiger partial charge in [0.25, 0.3) is 0 Å². The average Bonchev–Trinajstić information content (AvgIpc) is 3.12. The SMILES string of the molecule is CC1(C)CC(Nc2ccc3nnc(C4CC4)n3n2)C(C)(C)O1. The lowest BCUT2D eigenvalue weighted by molar-refractivity contribution is -0.0662. The van der Waals surface area contributed by atoms with Gasteiger partial charge in [-0.15, -0.1) is 15.3 Å². The van der Waals surface area contributed by atoms with E-state index in [1.165, 1.54) is 12.8 Å². The molecule has 0 aromatic carbocycles. The van der Waals surface area contributed by atoms with Gasteiger partial charge in [-0.1, -0.05) is 0 Å². The normalized spacial score (nSPS) is 26.5. The summed E-state index contributed by atoms with van der Waals surface area (Å²) in [5, 5.41) is 16.7. The van der Waals surface area contributed by atoms with Crippen LogP contribution in [0.4, 0.5) is 5.82 Å². The van der Waals surface area contributed by atoms with Crippen molar-refractivity contribution >= 4 is 11.5 Å². The second-order valence-electron chi connectivity index (χ2n) is 7.69. The van der Waals surface area contributed by atoms with Gasteiger partial charge < -0.3 is 10.1 Å². The molecule has 0 amide bonds. The summed E-state index contributed by atoms with van der Waals surface area (Å²) in [6, 6.07) is 4.18. The van der Waals surface area contributed by atoms with Crippen molar-refractivity contribution in [2.45, 2.75) is 70.1 Å². The molecule has 6 heteroatoms. The summed E-state index contributed by atoms with van der Waals surface area (Å²) < 4.78 is 8.03. The van der Waals surface area contributed by atoms with E-state index in [9.17, 15) is 0 Å². The Kier molecular flexibility index (Phi) is 2.79. The molecule has 2 fully saturated rings. The summed E-state index contributed by atoms with van der Waals surface area (Å²) in [6.45, 7) is 8.54. The van der Waals surface area contributed by atoms with Crippen LogP contribution in [-0.2, 0) is 4.74 Å². The Bertz CT molecular complexity index is 716. The third kappa shape index (κ3) is 2.35. The second-order valence-corrected chi connectivity index (χ2v) is 7.69. The first-order valence-electron chi connectivity index (χ1n) is 8.03. The molecule has 0 bridgehead atoms. The number of nitrogens with one attached hydrogen (secondary N) is 1. The van der Waals surface area contributed by atoms with Crippen LogP contribution in [0.1, 0.15) is 58.7 Å².